The predicted molar refractivity (Wildman–Crippen MR) is 29.5 cm³/mol. The zero-order valence-corrected chi connectivity index (χ0v) is 4.69. The Kier molecular flexibility index (Phi) is 1.69. The van der Waals surface area contributed by atoms with Crippen LogP contribution in [0.15, 0.2) is 0 Å². The van der Waals surface area contributed by atoms with Crippen LogP contribution in [0, 0.1) is 7.05 Å². The second-order valence-electron chi connectivity index (χ2n) is 2.28. The van der Waals surface area contributed by atoms with Crippen molar-refractivity contribution in [1.82, 2.24) is 0 Å². The molecule has 0 unspecified atom stereocenters. The predicted octanol–water partition coefficient (Wildman–Crippen LogP) is 0.284. The van der Waals surface area contributed by atoms with Gasteiger partial charge in [0.25, 0.3) is 0 Å². The lowest BCUT2D eigenvalue weighted by molar-refractivity contribution is -0.632. The fourth-order valence-electron chi connectivity index (χ4n) is 1.19. The molecular formula is C6H13N. The quantitative estimate of drug-likeness (QED) is 0.455. The summed E-state index contributed by atoms with van der Waals surface area (Å²) in [6.07, 6.45) is 5.64. The van der Waals surface area contributed by atoms with E-state index < -0.39 is 0 Å². The summed E-state index contributed by atoms with van der Waals surface area (Å²) < 4.78 is 0. The molecular weight excluding hydrogens is 86.1 g/mol. The first kappa shape index (κ1) is 5.10. The minimum atomic E-state index is 0.861. The molecule has 0 aromatic heterocycles. The van der Waals surface area contributed by atoms with Gasteiger partial charge in [-0.05, 0) is 25.7 Å². The molecule has 1 rings (SSSR count). The van der Waals surface area contributed by atoms with Gasteiger partial charge in [-0.15, -0.1) is 0 Å². The van der Waals surface area contributed by atoms with Gasteiger partial charge in [0.05, 0.1) is 6.04 Å². The highest BCUT2D eigenvalue weighted by atomic mass is 14.9. The monoisotopic (exact) mass is 99.1 g/mol. The van der Waals surface area contributed by atoms with Crippen molar-refractivity contribution in [1.29, 1.82) is 0 Å². The van der Waals surface area contributed by atoms with Crippen LogP contribution in [0.4, 0.5) is 0 Å². The Bertz CT molecular complexity index is 46.1. The van der Waals surface area contributed by atoms with E-state index in [1.165, 1.54) is 25.7 Å². The Morgan fingerprint density at radius 1 is 1.29 bits per heavy atom. The van der Waals surface area contributed by atoms with Crippen LogP contribution in [-0.4, -0.2) is 6.04 Å². The molecule has 0 radical (unpaired) electrons. The lowest BCUT2D eigenvalue weighted by Crippen LogP contribution is -2.82. The van der Waals surface area contributed by atoms with Gasteiger partial charge in [0.1, 0.15) is 0 Å². The molecule has 0 amide bonds. The van der Waals surface area contributed by atoms with Crippen LogP contribution < -0.4 is 5.32 Å². The maximum Gasteiger partial charge on any atom is 0.0620 e. The topological polar surface area (TPSA) is 16.6 Å². The minimum absolute atomic E-state index is 0.861. The van der Waals surface area contributed by atoms with Gasteiger partial charge in [-0.1, -0.05) is 0 Å². The summed E-state index contributed by atoms with van der Waals surface area (Å²) in [6.45, 7) is 0. The average molecular weight is 99.2 g/mol. The zero-order chi connectivity index (χ0) is 5.11. The number of hydrogen-bond acceptors (Lipinski definition) is 0. The van der Waals surface area contributed by atoms with Gasteiger partial charge < -0.3 is 5.32 Å². The molecule has 0 atom stereocenters. The molecule has 1 saturated carbocycles. The Labute approximate surface area is 45.1 Å². The maximum atomic E-state index is 3.74. The van der Waals surface area contributed by atoms with Crippen molar-refractivity contribution in [3.05, 3.63) is 7.05 Å². The van der Waals surface area contributed by atoms with Gasteiger partial charge >= 0.3 is 0 Å². The molecule has 0 aliphatic heterocycles. The molecule has 1 nitrogen and oxygen atoms in total. The smallest absolute Gasteiger partial charge is 0.0620 e. The number of nitrogens with two attached hydrogens (primary N) is 1. The molecule has 0 bridgehead atoms. The fourth-order valence-corrected chi connectivity index (χ4v) is 1.19. The number of rotatable bonds is 1. The summed E-state index contributed by atoms with van der Waals surface area (Å²) in [7, 11) is 3.74. The summed E-state index contributed by atoms with van der Waals surface area (Å²) in [5.41, 5.74) is 0. The second kappa shape index (κ2) is 2.31. The normalized spacial score (nSPS) is 23.6. The first-order valence-corrected chi connectivity index (χ1v) is 3.06. The average Bonchev–Trinajstić information content (AvgIpc) is 2.14. The van der Waals surface area contributed by atoms with E-state index in [1.807, 2.05) is 0 Å². The third-order valence-electron chi connectivity index (χ3n) is 1.73. The van der Waals surface area contributed by atoms with Crippen molar-refractivity contribution in [3.8, 4) is 0 Å². The molecule has 0 aromatic rings. The first-order chi connectivity index (χ1) is 3.43. The second-order valence-corrected chi connectivity index (χ2v) is 2.28. The SMILES string of the molecule is [CH2-][NH2+]C1CCCC1. The largest absolute Gasteiger partial charge is 0.476 e. The molecule has 0 aromatic carbocycles. The van der Waals surface area contributed by atoms with E-state index in [0.29, 0.717) is 0 Å². The highest BCUT2D eigenvalue weighted by Crippen LogP contribution is 2.13. The lowest BCUT2D eigenvalue weighted by atomic mass is 10.3. The molecule has 2 N–H and O–H groups in total. The van der Waals surface area contributed by atoms with Crippen molar-refractivity contribution in [2.75, 3.05) is 0 Å². The molecule has 42 valence electrons. The van der Waals surface area contributed by atoms with Crippen LogP contribution in [0.5, 0.6) is 0 Å². The molecule has 7 heavy (non-hydrogen) atoms. The standard InChI is InChI=1S/C6H13N/c1-7-6-4-2-3-5-6/h6H,1-5,7H2. The number of hydrogen-bond donors (Lipinski definition) is 1. The van der Waals surface area contributed by atoms with E-state index in [2.05, 4.69) is 12.4 Å². The van der Waals surface area contributed by atoms with Crippen molar-refractivity contribution in [3.63, 3.8) is 0 Å². The van der Waals surface area contributed by atoms with Crippen molar-refractivity contribution in [2.24, 2.45) is 0 Å². The summed E-state index contributed by atoms with van der Waals surface area (Å²) in [4.78, 5) is 0. The van der Waals surface area contributed by atoms with Crippen LogP contribution in [0.2, 0.25) is 0 Å². The van der Waals surface area contributed by atoms with Gasteiger partial charge in [0, 0.05) is 0 Å². The Morgan fingerprint density at radius 3 is 2.14 bits per heavy atom. The molecule has 0 saturated heterocycles. The molecule has 1 fully saturated rings. The van der Waals surface area contributed by atoms with Crippen LogP contribution in [0.1, 0.15) is 25.7 Å². The zero-order valence-electron chi connectivity index (χ0n) is 4.69. The lowest BCUT2D eigenvalue weighted by Gasteiger charge is -2.05. The Hall–Kier alpha value is -0.0400. The van der Waals surface area contributed by atoms with E-state index in [4.69, 9.17) is 0 Å². The van der Waals surface area contributed by atoms with E-state index >= 15 is 0 Å². The van der Waals surface area contributed by atoms with E-state index in [9.17, 15) is 0 Å². The number of quaternary nitrogens is 1. The highest BCUT2D eigenvalue weighted by molar-refractivity contribution is 4.62. The van der Waals surface area contributed by atoms with Gasteiger partial charge in [-0.3, -0.25) is 0 Å². The Morgan fingerprint density at radius 2 is 1.86 bits per heavy atom. The van der Waals surface area contributed by atoms with Gasteiger partial charge in [0.15, 0.2) is 0 Å². The van der Waals surface area contributed by atoms with E-state index in [0.717, 1.165) is 6.04 Å². The minimum Gasteiger partial charge on any atom is -0.476 e. The van der Waals surface area contributed by atoms with Crippen LogP contribution in [-0.2, 0) is 0 Å². The van der Waals surface area contributed by atoms with Crippen LogP contribution in [0.25, 0.3) is 0 Å². The Balaban J connectivity index is 2.14. The van der Waals surface area contributed by atoms with Gasteiger partial charge in [0.2, 0.25) is 0 Å². The first-order valence-electron chi connectivity index (χ1n) is 3.06. The fraction of sp³-hybridized carbons (Fsp3) is 0.833. The third-order valence-corrected chi connectivity index (χ3v) is 1.73. The van der Waals surface area contributed by atoms with Crippen molar-refractivity contribution < 1.29 is 5.32 Å². The van der Waals surface area contributed by atoms with E-state index in [1.54, 1.807) is 0 Å². The summed E-state index contributed by atoms with van der Waals surface area (Å²) in [5.74, 6) is 0. The molecule has 1 aliphatic carbocycles. The maximum absolute atomic E-state index is 3.74. The van der Waals surface area contributed by atoms with E-state index in [-0.39, 0.29) is 0 Å². The molecule has 0 spiro atoms. The van der Waals surface area contributed by atoms with Crippen molar-refractivity contribution in [2.45, 2.75) is 31.7 Å². The van der Waals surface area contributed by atoms with Crippen LogP contribution in [0.3, 0.4) is 0 Å². The molecule has 1 aliphatic rings. The van der Waals surface area contributed by atoms with Crippen molar-refractivity contribution >= 4 is 0 Å². The molecule has 1 heteroatoms. The summed E-state index contributed by atoms with van der Waals surface area (Å²) in [6, 6.07) is 0.861. The summed E-state index contributed by atoms with van der Waals surface area (Å²) in [5, 5.41) is 2.09. The third kappa shape index (κ3) is 1.16. The highest BCUT2D eigenvalue weighted by Gasteiger charge is 2.12. The van der Waals surface area contributed by atoms with Gasteiger partial charge in [-0.25, -0.2) is 0 Å². The van der Waals surface area contributed by atoms with Crippen LogP contribution >= 0.6 is 0 Å². The summed E-state index contributed by atoms with van der Waals surface area (Å²) >= 11 is 0. The van der Waals surface area contributed by atoms with Gasteiger partial charge in [-0.2, -0.15) is 7.05 Å². The molecule has 0 heterocycles.